The van der Waals surface area contributed by atoms with E-state index in [0.29, 0.717) is 0 Å². The number of ether oxygens (including phenoxy) is 1. The lowest BCUT2D eigenvalue weighted by Gasteiger charge is -2.16. The average Bonchev–Trinajstić information content (AvgIpc) is 2.67. The van der Waals surface area contributed by atoms with Crippen molar-refractivity contribution in [1.82, 2.24) is 0 Å². The van der Waals surface area contributed by atoms with Crippen LogP contribution in [0.2, 0.25) is 0 Å². The normalized spacial score (nSPS) is 10.2. The van der Waals surface area contributed by atoms with Crippen molar-refractivity contribution in [2.45, 2.75) is 13.8 Å². The topological polar surface area (TPSA) is 153 Å². The fraction of sp³-hybridized carbons (Fsp3) is 0.158. The third-order valence-electron chi connectivity index (χ3n) is 4.16. The predicted molar refractivity (Wildman–Crippen MR) is 101 cm³/mol. The van der Waals surface area contributed by atoms with Gasteiger partial charge in [-0.05, 0) is 37.6 Å². The number of methoxy groups -OCH3 is 1. The number of benzene rings is 2. The van der Waals surface area contributed by atoms with Crippen LogP contribution in [0.3, 0.4) is 0 Å². The first-order chi connectivity index (χ1) is 13.6. The number of Topliss-reactive ketones (excluding diaryl/α,β-unsaturated/α-hetero) is 1. The number of nitrogens with zero attached hydrogens (tertiary/aromatic N) is 1. The lowest BCUT2D eigenvalue weighted by Crippen LogP contribution is -2.21. The van der Waals surface area contributed by atoms with Crippen LogP contribution in [0.4, 0.5) is 11.4 Å². The maximum Gasteiger partial charge on any atom is 0.339 e. The zero-order valence-corrected chi connectivity index (χ0v) is 15.6. The maximum atomic E-state index is 12.5. The molecule has 2 rings (SSSR count). The Morgan fingerprint density at radius 1 is 1.10 bits per heavy atom. The molecule has 2 N–H and O–H groups in total. The molecule has 2 aromatic carbocycles. The van der Waals surface area contributed by atoms with Crippen molar-refractivity contribution >= 4 is 35.0 Å². The van der Waals surface area contributed by atoms with Gasteiger partial charge in [0.1, 0.15) is 0 Å². The summed E-state index contributed by atoms with van der Waals surface area (Å²) >= 11 is 0. The molecule has 150 valence electrons. The van der Waals surface area contributed by atoms with Gasteiger partial charge in [0, 0.05) is 23.3 Å². The molecule has 0 bridgehead atoms. The second-order valence-electron chi connectivity index (χ2n) is 5.96. The van der Waals surface area contributed by atoms with Gasteiger partial charge in [0.25, 0.3) is 11.6 Å². The molecule has 1 amide bonds. The molecular weight excluding hydrogens is 384 g/mol. The number of nitro benzene ring substituents is 1. The van der Waals surface area contributed by atoms with Gasteiger partial charge in [-0.15, -0.1) is 0 Å². The molecule has 29 heavy (non-hydrogen) atoms. The summed E-state index contributed by atoms with van der Waals surface area (Å²) in [7, 11) is 1.06. The lowest BCUT2D eigenvalue weighted by atomic mass is 9.93. The van der Waals surface area contributed by atoms with Crippen LogP contribution in [-0.4, -0.2) is 40.8 Å². The van der Waals surface area contributed by atoms with Gasteiger partial charge in [0.15, 0.2) is 5.78 Å². The van der Waals surface area contributed by atoms with E-state index in [0.717, 1.165) is 25.3 Å². The summed E-state index contributed by atoms with van der Waals surface area (Å²) < 4.78 is 4.63. The Kier molecular flexibility index (Phi) is 6.07. The van der Waals surface area contributed by atoms with E-state index in [9.17, 15) is 34.4 Å². The number of hydrogen-bond acceptors (Lipinski definition) is 7. The molecule has 10 nitrogen and oxygen atoms in total. The molecule has 10 heteroatoms. The molecule has 0 saturated carbocycles. The average molecular weight is 400 g/mol. The molecule has 0 fully saturated rings. The number of carboxylic acids is 1. The first-order valence-electron chi connectivity index (χ1n) is 8.14. The summed E-state index contributed by atoms with van der Waals surface area (Å²) in [6, 6.07) is 5.77. The van der Waals surface area contributed by atoms with E-state index in [1.54, 1.807) is 0 Å². The highest BCUT2D eigenvalue weighted by Crippen LogP contribution is 2.29. The van der Waals surface area contributed by atoms with E-state index in [-0.39, 0.29) is 33.6 Å². The number of nitrogens with one attached hydrogen (secondary N) is 1. The van der Waals surface area contributed by atoms with Crippen LogP contribution in [0.25, 0.3) is 0 Å². The van der Waals surface area contributed by atoms with Crippen LogP contribution in [0.15, 0.2) is 30.3 Å². The second kappa shape index (κ2) is 8.30. The number of anilines is 1. The summed E-state index contributed by atoms with van der Waals surface area (Å²) in [6.07, 6.45) is 0. The largest absolute Gasteiger partial charge is 0.478 e. The number of non-ortho nitro benzene ring substituents is 1. The Hall–Kier alpha value is -4.08. The standard InChI is InChI=1S/C19H16N2O8/c1-9-13(10(2)22)8-14(16(18(24)25)15(9)19(26)29-3)20-17(23)11-4-6-12(7-5-11)21(27)28/h4-8H,1-3H3,(H,20,23)(H,24,25). The van der Waals surface area contributed by atoms with Gasteiger partial charge in [-0.3, -0.25) is 19.7 Å². The molecule has 0 radical (unpaired) electrons. The predicted octanol–water partition coefficient (Wildman–Crippen LogP) is 2.84. The van der Waals surface area contributed by atoms with Crippen molar-refractivity contribution < 1.29 is 33.9 Å². The number of carbonyl (C=O) groups is 4. The minimum absolute atomic E-state index is 0.0107. The molecule has 2 aromatic rings. The molecule has 0 aliphatic heterocycles. The highest BCUT2D eigenvalue weighted by Gasteiger charge is 2.28. The number of carbonyl (C=O) groups excluding carboxylic acids is 3. The fourth-order valence-electron chi connectivity index (χ4n) is 2.75. The van der Waals surface area contributed by atoms with Gasteiger partial charge in [-0.2, -0.15) is 0 Å². The zero-order chi connectivity index (χ0) is 21.9. The van der Waals surface area contributed by atoms with E-state index in [1.807, 2.05) is 0 Å². The number of esters is 1. The van der Waals surface area contributed by atoms with Gasteiger partial charge in [0.05, 0.1) is 28.8 Å². The highest BCUT2D eigenvalue weighted by molar-refractivity contribution is 6.14. The minimum atomic E-state index is -1.51. The van der Waals surface area contributed by atoms with E-state index in [4.69, 9.17) is 0 Å². The molecular formula is C19H16N2O8. The van der Waals surface area contributed by atoms with Crippen LogP contribution in [0.1, 0.15) is 53.9 Å². The number of nitro groups is 1. The van der Waals surface area contributed by atoms with E-state index >= 15 is 0 Å². The summed E-state index contributed by atoms with van der Waals surface area (Å²) in [4.78, 5) is 58.5. The van der Waals surface area contributed by atoms with Gasteiger partial charge >= 0.3 is 11.9 Å². The SMILES string of the molecule is COC(=O)c1c(C)c(C(C)=O)cc(NC(=O)c2ccc([N+](=O)[O-])cc2)c1C(=O)O. The number of hydrogen-bond donors (Lipinski definition) is 2. The number of ketones is 1. The highest BCUT2D eigenvalue weighted by atomic mass is 16.6. The second-order valence-corrected chi connectivity index (χ2v) is 5.96. The van der Waals surface area contributed by atoms with Crippen molar-refractivity contribution in [3.05, 3.63) is 68.3 Å². The van der Waals surface area contributed by atoms with E-state index in [1.165, 1.54) is 26.0 Å². The Morgan fingerprint density at radius 3 is 2.14 bits per heavy atom. The summed E-state index contributed by atoms with van der Waals surface area (Å²) in [5, 5.41) is 22.7. The Morgan fingerprint density at radius 2 is 1.69 bits per heavy atom. The number of amides is 1. The lowest BCUT2D eigenvalue weighted by molar-refractivity contribution is -0.384. The molecule has 0 saturated heterocycles. The Balaban J connectivity index is 2.61. The minimum Gasteiger partial charge on any atom is -0.478 e. The van der Waals surface area contributed by atoms with Crippen molar-refractivity contribution in [2.24, 2.45) is 0 Å². The Bertz CT molecular complexity index is 1040. The molecule has 0 aliphatic rings. The third-order valence-corrected chi connectivity index (χ3v) is 4.16. The molecule has 0 aromatic heterocycles. The number of carboxylic acid groups (broad SMARTS) is 1. The zero-order valence-electron chi connectivity index (χ0n) is 15.6. The van der Waals surface area contributed by atoms with Gasteiger partial charge in [-0.25, -0.2) is 9.59 Å². The molecule has 0 spiro atoms. The van der Waals surface area contributed by atoms with Crippen LogP contribution in [0, 0.1) is 17.0 Å². The number of rotatable bonds is 6. The fourth-order valence-corrected chi connectivity index (χ4v) is 2.75. The van der Waals surface area contributed by atoms with Crippen LogP contribution >= 0.6 is 0 Å². The third kappa shape index (κ3) is 4.26. The van der Waals surface area contributed by atoms with Gasteiger partial charge in [-0.1, -0.05) is 0 Å². The van der Waals surface area contributed by atoms with Crippen LogP contribution in [0.5, 0.6) is 0 Å². The summed E-state index contributed by atoms with van der Waals surface area (Å²) in [6.45, 7) is 2.63. The molecule has 0 atom stereocenters. The maximum absolute atomic E-state index is 12.5. The van der Waals surface area contributed by atoms with Crippen LogP contribution < -0.4 is 5.32 Å². The van der Waals surface area contributed by atoms with E-state index < -0.39 is 34.1 Å². The Labute approximate surface area is 164 Å². The first kappa shape index (κ1) is 21.2. The molecule has 0 aliphatic carbocycles. The number of aromatic carboxylic acids is 1. The summed E-state index contributed by atoms with van der Waals surface area (Å²) in [5.74, 6) is -3.72. The summed E-state index contributed by atoms with van der Waals surface area (Å²) in [5.41, 5.74) is -1.24. The van der Waals surface area contributed by atoms with Crippen molar-refractivity contribution in [3.8, 4) is 0 Å². The van der Waals surface area contributed by atoms with E-state index in [2.05, 4.69) is 10.1 Å². The van der Waals surface area contributed by atoms with Crippen LogP contribution in [-0.2, 0) is 4.74 Å². The van der Waals surface area contributed by atoms with Crippen molar-refractivity contribution in [1.29, 1.82) is 0 Å². The van der Waals surface area contributed by atoms with Gasteiger partial charge < -0.3 is 15.2 Å². The van der Waals surface area contributed by atoms with Crippen molar-refractivity contribution in [3.63, 3.8) is 0 Å². The monoisotopic (exact) mass is 400 g/mol. The smallest absolute Gasteiger partial charge is 0.339 e. The quantitative estimate of drug-likeness (QED) is 0.325. The van der Waals surface area contributed by atoms with Gasteiger partial charge in [0.2, 0.25) is 0 Å². The molecule has 0 heterocycles. The van der Waals surface area contributed by atoms with Crippen molar-refractivity contribution in [2.75, 3.05) is 12.4 Å². The first-order valence-corrected chi connectivity index (χ1v) is 8.14. The molecule has 0 unspecified atom stereocenters.